The molecule has 1 fully saturated rings. The molecule has 1 amide bonds. The van der Waals surface area contributed by atoms with Crippen LogP contribution < -0.4 is 5.32 Å². The second-order valence-corrected chi connectivity index (χ2v) is 5.52. The van der Waals surface area contributed by atoms with E-state index in [4.69, 9.17) is 0 Å². The molecule has 2 N–H and O–H groups in total. The number of aromatic amines is 1. The lowest BCUT2D eigenvalue weighted by atomic mass is 9.75. The van der Waals surface area contributed by atoms with Crippen molar-refractivity contribution in [2.24, 2.45) is 5.41 Å². The minimum absolute atomic E-state index is 0.122. The van der Waals surface area contributed by atoms with E-state index in [-0.39, 0.29) is 11.3 Å². The molecular weight excluding hydrogens is 226 g/mol. The first-order valence-electron chi connectivity index (χ1n) is 6.97. The maximum atomic E-state index is 12.1. The third-order valence-electron chi connectivity index (χ3n) is 3.94. The van der Waals surface area contributed by atoms with Gasteiger partial charge in [0.2, 0.25) is 5.91 Å². The number of rotatable bonds is 5. The third-order valence-corrected chi connectivity index (χ3v) is 3.94. The highest BCUT2D eigenvalue weighted by Crippen LogP contribution is 2.35. The topological polar surface area (TPSA) is 57.8 Å². The van der Waals surface area contributed by atoms with Crippen LogP contribution >= 0.6 is 0 Å². The van der Waals surface area contributed by atoms with Crippen LogP contribution in [0, 0.1) is 5.41 Å². The lowest BCUT2D eigenvalue weighted by molar-refractivity contribution is -0.131. The van der Waals surface area contributed by atoms with Gasteiger partial charge in [-0.2, -0.15) is 0 Å². The number of nitrogens with zero attached hydrogens (tertiary/aromatic N) is 1. The molecule has 0 unspecified atom stereocenters. The van der Waals surface area contributed by atoms with Crippen LogP contribution in [-0.2, 0) is 11.2 Å². The summed E-state index contributed by atoms with van der Waals surface area (Å²) in [5.74, 6) is 1.23. The number of imidazole rings is 1. The average Bonchev–Trinajstić information content (AvgIpc) is 2.88. The van der Waals surface area contributed by atoms with Crippen molar-refractivity contribution in [3.63, 3.8) is 0 Å². The van der Waals surface area contributed by atoms with E-state index >= 15 is 0 Å². The minimum atomic E-state index is -0.122. The fraction of sp³-hybridized carbons (Fsp3) is 0.714. The van der Waals surface area contributed by atoms with Gasteiger partial charge in [-0.25, -0.2) is 4.98 Å². The first-order chi connectivity index (χ1) is 8.71. The third kappa shape index (κ3) is 3.34. The Bertz CT molecular complexity index is 366. The molecular formula is C14H23N3O. The zero-order valence-electron chi connectivity index (χ0n) is 11.2. The second kappa shape index (κ2) is 6.03. The Kier molecular flexibility index (Phi) is 4.39. The summed E-state index contributed by atoms with van der Waals surface area (Å²) in [5, 5.41) is 3.07. The van der Waals surface area contributed by atoms with Crippen molar-refractivity contribution in [3.8, 4) is 0 Å². The molecule has 0 atom stereocenters. The summed E-state index contributed by atoms with van der Waals surface area (Å²) in [6, 6.07) is 0. The smallest absolute Gasteiger partial charge is 0.225 e. The predicted octanol–water partition coefficient (Wildman–Crippen LogP) is 2.43. The minimum Gasteiger partial charge on any atom is -0.356 e. The van der Waals surface area contributed by atoms with Crippen molar-refractivity contribution < 1.29 is 4.79 Å². The van der Waals surface area contributed by atoms with E-state index < -0.39 is 0 Å². The Morgan fingerprint density at radius 3 is 2.89 bits per heavy atom. The highest BCUT2D eigenvalue weighted by Gasteiger charge is 2.33. The lowest BCUT2D eigenvalue weighted by Crippen LogP contribution is -2.40. The number of carbonyl (C=O) groups is 1. The van der Waals surface area contributed by atoms with Gasteiger partial charge < -0.3 is 10.3 Å². The number of carbonyl (C=O) groups excluding carboxylic acids is 1. The molecule has 18 heavy (non-hydrogen) atoms. The van der Waals surface area contributed by atoms with Crippen LogP contribution in [-0.4, -0.2) is 22.4 Å². The summed E-state index contributed by atoms with van der Waals surface area (Å²) < 4.78 is 0. The zero-order valence-corrected chi connectivity index (χ0v) is 11.2. The van der Waals surface area contributed by atoms with Crippen molar-refractivity contribution in [3.05, 3.63) is 18.2 Å². The van der Waals surface area contributed by atoms with Crippen molar-refractivity contribution in [2.75, 3.05) is 6.54 Å². The summed E-state index contributed by atoms with van der Waals surface area (Å²) in [7, 11) is 0. The van der Waals surface area contributed by atoms with Gasteiger partial charge in [0.05, 0.1) is 0 Å². The molecule has 1 aromatic rings. The van der Waals surface area contributed by atoms with Crippen LogP contribution in [0.4, 0.5) is 0 Å². The number of H-pyrrole nitrogens is 1. The van der Waals surface area contributed by atoms with Crippen molar-refractivity contribution >= 4 is 5.91 Å². The number of nitrogens with one attached hydrogen (secondary N) is 2. The van der Waals surface area contributed by atoms with Crippen molar-refractivity contribution in [1.29, 1.82) is 0 Å². The molecule has 0 spiro atoms. The van der Waals surface area contributed by atoms with Crippen LogP contribution in [0.5, 0.6) is 0 Å². The molecule has 0 bridgehead atoms. The standard InChI is InChI=1S/C14H23N3O/c1-14(7-3-2-4-8-14)13(18)17-9-5-6-12-15-10-11-16-12/h10-11H,2-9H2,1H3,(H,15,16)(H,17,18). The molecule has 1 saturated carbocycles. The maximum absolute atomic E-state index is 12.1. The van der Waals surface area contributed by atoms with Crippen LogP contribution in [0.1, 0.15) is 51.3 Å². The molecule has 0 aromatic carbocycles. The van der Waals surface area contributed by atoms with E-state index in [0.717, 1.165) is 38.1 Å². The second-order valence-electron chi connectivity index (χ2n) is 5.52. The summed E-state index contributed by atoms with van der Waals surface area (Å²) in [6.07, 6.45) is 11.2. The van der Waals surface area contributed by atoms with E-state index in [0.29, 0.717) is 0 Å². The average molecular weight is 249 g/mol. The first-order valence-corrected chi connectivity index (χ1v) is 6.97. The van der Waals surface area contributed by atoms with E-state index in [1.165, 1.54) is 19.3 Å². The SMILES string of the molecule is CC1(C(=O)NCCCc2ncc[nH]2)CCCCC1. The molecule has 4 heteroatoms. The Morgan fingerprint density at radius 2 is 2.22 bits per heavy atom. The molecule has 1 aliphatic rings. The van der Waals surface area contributed by atoms with E-state index in [9.17, 15) is 4.79 Å². The highest BCUT2D eigenvalue weighted by molar-refractivity contribution is 5.82. The molecule has 1 aliphatic carbocycles. The van der Waals surface area contributed by atoms with Crippen LogP contribution in [0.2, 0.25) is 0 Å². The van der Waals surface area contributed by atoms with Gasteiger partial charge in [-0.1, -0.05) is 26.2 Å². The fourth-order valence-corrected chi connectivity index (χ4v) is 2.66. The first kappa shape index (κ1) is 13.1. The fourth-order valence-electron chi connectivity index (χ4n) is 2.66. The summed E-state index contributed by atoms with van der Waals surface area (Å²) >= 11 is 0. The monoisotopic (exact) mass is 249 g/mol. The van der Waals surface area contributed by atoms with Gasteiger partial charge in [0.15, 0.2) is 0 Å². The number of aryl methyl sites for hydroxylation is 1. The number of aromatic nitrogens is 2. The van der Waals surface area contributed by atoms with Gasteiger partial charge in [0.1, 0.15) is 5.82 Å². The van der Waals surface area contributed by atoms with Gasteiger partial charge in [-0.15, -0.1) is 0 Å². The molecule has 2 rings (SSSR count). The Labute approximate surface area is 109 Å². The Morgan fingerprint density at radius 1 is 1.44 bits per heavy atom. The molecule has 100 valence electrons. The van der Waals surface area contributed by atoms with E-state index in [1.54, 1.807) is 6.20 Å². The van der Waals surface area contributed by atoms with Crippen molar-refractivity contribution in [2.45, 2.75) is 51.9 Å². The quantitative estimate of drug-likeness (QED) is 0.787. The highest BCUT2D eigenvalue weighted by atomic mass is 16.2. The van der Waals surface area contributed by atoms with Crippen LogP contribution in [0.15, 0.2) is 12.4 Å². The van der Waals surface area contributed by atoms with Gasteiger partial charge in [-0.05, 0) is 19.3 Å². The van der Waals surface area contributed by atoms with Gasteiger partial charge >= 0.3 is 0 Å². The Hall–Kier alpha value is -1.32. The predicted molar refractivity (Wildman–Crippen MR) is 71.1 cm³/mol. The summed E-state index contributed by atoms with van der Waals surface area (Å²) in [6.45, 7) is 2.85. The largest absolute Gasteiger partial charge is 0.356 e. The lowest BCUT2D eigenvalue weighted by Gasteiger charge is -2.32. The number of hydrogen-bond acceptors (Lipinski definition) is 2. The molecule has 1 aromatic heterocycles. The molecule has 1 heterocycles. The normalized spacial score (nSPS) is 18.5. The maximum Gasteiger partial charge on any atom is 0.225 e. The van der Waals surface area contributed by atoms with Crippen LogP contribution in [0.25, 0.3) is 0 Å². The molecule has 4 nitrogen and oxygen atoms in total. The summed E-state index contributed by atoms with van der Waals surface area (Å²) in [4.78, 5) is 19.4. The number of amides is 1. The van der Waals surface area contributed by atoms with E-state index in [2.05, 4.69) is 22.2 Å². The zero-order chi connectivity index (χ0) is 12.8. The Balaban J connectivity index is 1.68. The van der Waals surface area contributed by atoms with Crippen molar-refractivity contribution in [1.82, 2.24) is 15.3 Å². The molecule has 0 radical (unpaired) electrons. The van der Waals surface area contributed by atoms with Gasteiger partial charge in [0.25, 0.3) is 0 Å². The van der Waals surface area contributed by atoms with Gasteiger partial charge in [-0.3, -0.25) is 4.79 Å². The van der Waals surface area contributed by atoms with Crippen LogP contribution in [0.3, 0.4) is 0 Å². The molecule has 0 saturated heterocycles. The molecule has 0 aliphatic heterocycles. The van der Waals surface area contributed by atoms with E-state index in [1.807, 2.05) is 6.20 Å². The summed E-state index contributed by atoms with van der Waals surface area (Å²) in [5.41, 5.74) is -0.122. The van der Waals surface area contributed by atoms with Gasteiger partial charge in [0, 0.05) is 30.8 Å². The number of hydrogen-bond donors (Lipinski definition) is 2.